The third-order valence-corrected chi connectivity index (χ3v) is 9.60. The Kier molecular flexibility index (Phi) is 7.89. The van der Waals surface area contributed by atoms with E-state index in [0.717, 1.165) is 22.3 Å². The van der Waals surface area contributed by atoms with Gasteiger partial charge in [0.15, 0.2) is 9.84 Å². The monoisotopic (exact) mass is 570 g/mol. The molecule has 1 N–H and O–H groups in total. The number of carboxylic acids is 1. The average molecular weight is 571 g/mol. The molecule has 39 heavy (non-hydrogen) atoms. The molecule has 2 aliphatic heterocycles. The van der Waals surface area contributed by atoms with Crippen molar-refractivity contribution in [3.8, 4) is 22.6 Å². The van der Waals surface area contributed by atoms with E-state index < -0.39 is 21.2 Å². The number of hydrogen-bond acceptors (Lipinski definition) is 6. The Hall–Kier alpha value is -3.07. The van der Waals surface area contributed by atoms with E-state index in [1.54, 1.807) is 6.07 Å². The van der Waals surface area contributed by atoms with Gasteiger partial charge in [-0.3, -0.25) is 4.79 Å². The molecule has 2 fully saturated rings. The Morgan fingerprint density at radius 2 is 1.85 bits per heavy atom. The summed E-state index contributed by atoms with van der Waals surface area (Å²) in [6.07, 6.45) is 0.433. The van der Waals surface area contributed by atoms with Gasteiger partial charge in [0, 0.05) is 11.5 Å². The third kappa shape index (κ3) is 6.40. The van der Waals surface area contributed by atoms with Gasteiger partial charge in [-0.15, -0.1) is 0 Å². The largest absolute Gasteiger partial charge is 0.493 e. The van der Waals surface area contributed by atoms with Crippen LogP contribution in [0, 0.1) is 5.92 Å². The smallest absolute Gasteiger partial charge is 0.304 e. The molecule has 206 valence electrons. The van der Waals surface area contributed by atoms with Gasteiger partial charge in [0.05, 0.1) is 48.2 Å². The van der Waals surface area contributed by atoms with Crippen molar-refractivity contribution >= 4 is 27.4 Å². The van der Waals surface area contributed by atoms with Gasteiger partial charge in [-0.1, -0.05) is 41.9 Å². The summed E-state index contributed by atoms with van der Waals surface area (Å²) in [6.45, 7) is 3.14. The predicted molar refractivity (Wildman–Crippen MR) is 149 cm³/mol. The maximum absolute atomic E-state index is 11.7. The van der Waals surface area contributed by atoms with Crippen LogP contribution < -0.4 is 9.47 Å². The fourth-order valence-corrected chi connectivity index (χ4v) is 7.28. The topological polar surface area (TPSA) is 99.1 Å². The first kappa shape index (κ1) is 27.5. The number of carbonyl (C=O) groups is 1. The highest BCUT2D eigenvalue weighted by Crippen LogP contribution is 2.37. The van der Waals surface area contributed by atoms with Crippen LogP contribution in [0.3, 0.4) is 0 Å². The van der Waals surface area contributed by atoms with Crippen molar-refractivity contribution in [3.63, 3.8) is 0 Å². The minimum absolute atomic E-state index is 0.0147. The summed E-state index contributed by atoms with van der Waals surface area (Å²) in [5, 5.41) is 9.82. The first-order chi connectivity index (χ1) is 18.6. The van der Waals surface area contributed by atoms with Gasteiger partial charge in [0.25, 0.3) is 0 Å². The summed E-state index contributed by atoms with van der Waals surface area (Å²) in [5.74, 6) is 0.890. The Morgan fingerprint density at radius 3 is 2.46 bits per heavy atom. The van der Waals surface area contributed by atoms with Crippen molar-refractivity contribution < 1.29 is 32.5 Å². The van der Waals surface area contributed by atoms with Gasteiger partial charge >= 0.3 is 5.97 Å². The normalized spacial score (nSPS) is 20.1. The lowest BCUT2D eigenvalue weighted by Gasteiger charge is -2.40. The summed E-state index contributed by atoms with van der Waals surface area (Å²) in [4.78, 5) is 11.3. The van der Waals surface area contributed by atoms with Gasteiger partial charge in [-0.05, 0) is 66.4 Å². The third-order valence-electron chi connectivity index (χ3n) is 7.45. The Morgan fingerprint density at radius 1 is 1.10 bits per heavy atom. The van der Waals surface area contributed by atoms with Crippen LogP contribution in [0.2, 0.25) is 5.02 Å². The van der Waals surface area contributed by atoms with Gasteiger partial charge in [-0.2, -0.15) is 0 Å². The molecule has 7 nitrogen and oxygen atoms in total. The van der Waals surface area contributed by atoms with E-state index in [0.29, 0.717) is 42.8 Å². The molecular formula is C30H31ClO7S. The van der Waals surface area contributed by atoms with E-state index >= 15 is 0 Å². The van der Waals surface area contributed by atoms with Gasteiger partial charge in [0.1, 0.15) is 17.6 Å². The predicted octanol–water partition coefficient (Wildman–Crippen LogP) is 5.70. The van der Waals surface area contributed by atoms with Crippen molar-refractivity contribution in [2.45, 2.75) is 31.3 Å². The molecule has 2 unspecified atom stereocenters. The highest BCUT2D eigenvalue weighted by molar-refractivity contribution is 7.91. The summed E-state index contributed by atoms with van der Waals surface area (Å²) >= 11 is 6.61. The highest BCUT2D eigenvalue weighted by Gasteiger charge is 2.42. The van der Waals surface area contributed by atoms with Crippen LogP contribution in [0.1, 0.15) is 37.0 Å². The van der Waals surface area contributed by atoms with Crippen LogP contribution in [0.5, 0.6) is 11.5 Å². The second-order valence-electron chi connectivity index (χ2n) is 10.5. The van der Waals surface area contributed by atoms with E-state index in [9.17, 15) is 18.3 Å². The molecule has 2 heterocycles. The average Bonchev–Trinajstić information content (AvgIpc) is 3.24. The zero-order valence-electron chi connectivity index (χ0n) is 21.6. The minimum atomic E-state index is -2.93. The van der Waals surface area contributed by atoms with E-state index in [1.807, 2.05) is 67.6 Å². The van der Waals surface area contributed by atoms with Crippen LogP contribution in [0.25, 0.3) is 11.1 Å². The highest BCUT2D eigenvalue weighted by atomic mass is 35.5. The van der Waals surface area contributed by atoms with Crippen LogP contribution in [-0.4, -0.2) is 50.8 Å². The molecular weight excluding hydrogens is 540 g/mol. The number of aliphatic carboxylic acids is 1. The molecule has 9 heteroatoms. The maximum atomic E-state index is 11.7. The Balaban J connectivity index is 1.23. The second kappa shape index (κ2) is 11.2. The van der Waals surface area contributed by atoms with Gasteiger partial charge in [-0.25, -0.2) is 8.42 Å². The number of sulfone groups is 1. The molecule has 0 aromatic heterocycles. The molecule has 0 aliphatic carbocycles. The summed E-state index contributed by atoms with van der Waals surface area (Å²) < 4.78 is 40.7. The summed E-state index contributed by atoms with van der Waals surface area (Å²) in [6, 6.07) is 21.1. The summed E-state index contributed by atoms with van der Waals surface area (Å²) in [5.41, 5.74) is 3.25. The Labute approximate surface area is 233 Å². The molecule has 2 aliphatic rings. The molecule has 0 amide bonds. The summed E-state index contributed by atoms with van der Waals surface area (Å²) in [7, 11) is -2.93. The molecule has 0 spiro atoms. The van der Waals surface area contributed by atoms with Crippen LogP contribution >= 0.6 is 11.6 Å². The fraction of sp³-hybridized carbons (Fsp3) is 0.367. The SMILES string of the molecule is CC(Oc1ccc(C2(CC(=O)O)COC2)cc1)c1cccc(-c2ccc(OCC3CCS(=O)(=O)C3)cc2Cl)c1. The minimum Gasteiger partial charge on any atom is -0.493 e. The molecule has 3 aromatic rings. The number of rotatable bonds is 10. The molecule has 3 aromatic carbocycles. The second-order valence-corrected chi connectivity index (χ2v) is 13.1. The van der Waals surface area contributed by atoms with Crippen molar-refractivity contribution in [3.05, 3.63) is 82.9 Å². The van der Waals surface area contributed by atoms with Gasteiger partial charge in [0.2, 0.25) is 0 Å². The number of carboxylic acid groups (broad SMARTS) is 1. The number of hydrogen-bond donors (Lipinski definition) is 1. The fourth-order valence-electron chi connectivity index (χ4n) is 5.16. The Bertz CT molecular complexity index is 1450. The van der Waals surface area contributed by atoms with E-state index in [2.05, 4.69) is 0 Å². The molecule has 2 saturated heterocycles. The van der Waals surface area contributed by atoms with Gasteiger partial charge < -0.3 is 19.3 Å². The quantitative estimate of drug-likeness (QED) is 0.333. The van der Waals surface area contributed by atoms with E-state index in [1.165, 1.54) is 0 Å². The van der Waals surface area contributed by atoms with Crippen LogP contribution in [-0.2, 0) is 24.8 Å². The molecule has 2 atom stereocenters. The number of halogens is 1. The molecule has 0 bridgehead atoms. The zero-order valence-corrected chi connectivity index (χ0v) is 23.2. The first-order valence-electron chi connectivity index (χ1n) is 12.9. The van der Waals surface area contributed by atoms with E-state index in [4.69, 9.17) is 25.8 Å². The van der Waals surface area contributed by atoms with Crippen LogP contribution in [0.15, 0.2) is 66.7 Å². The lowest BCUT2D eigenvalue weighted by molar-refractivity contribution is -0.145. The number of ether oxygens (including phenoxy) is 3. The lowest BCUT2D eigenvalue weighted by Crippen LogP contribution is -2.48. The lowest BCUT2D eigenvalue weighted by atomic mass is 9.76. The van der Waals surface area contributed by atoms with E-state index in [-0.39, 0.29) is 29.9 Å². The van der Waals surface area contributed by atoms with Crippen molar-refractivity contribution in [2.75, 3.05) is 31.3 Å². The maximum Gasteiger partial charge on any atom is 0.304 e. The zero-order chi connectivity index (χ0) is 27.6. The molecule has 0 radical (unpaired) electrons. The van der Waals surface area contributed by atoms with Crippen molar-refractivity contribution in [1.29, 1.82) is 0 Å². The van der Waals surface area contributed by atoms with Crippen molar-refractivity contribution in [2.24, 2.45) is 5.92 Å². The van der Waals surface area contributed by atoms with Crippen LogP contribution in [0.4, 0.5) is 0 Å². The van der Waals surface area contributed by atoms with Crippen molar-refractivity contribution in [1.82, 2.24) is 0 Å². The molecule has 5 rings (SSSR count). The number of benzene rings is 3. The first-order valence-corrected chi connectivity index (χ1v) is 15.1. The standard InChI is InChI=1S/C30H31ClO7S/c1-20(38-25-7-5-24(6-8-25)30(15-29(32)33)18-36-19-30)22-3-2-4-23(13-22)27-10-9-26(14-28(27)31)37-16-21-11-12-39(34,35)17-21/h2-10,13-14,20-21H,11-12,15-19H2,1H3,(H,32,33). The molecule has 0 saturated carbocycles.